The summed E-state index contributed by atoms with van der Waals surface area (Å²) >= 11 is 0. The van der Waals surface area contributed by atoms with Crippen LogP contribution in [0.3, 0.4) is 0 Å². The van der Waals surface area contributed by atoms with Crippen molar-refractivity contribution in [1.82, 2.24) is 5.32 Å². The lowest BCUT2D eigenvalue weighted by molar-refractivity contribution is -0.870. The summed E-state index contributed by atoms with van der Waals surface area (Å²) in [4.78, 5) is 37.4. The number of nitrogens with one attached hydrogen (secondary N) is 1. The highest BCUT2D eigenvalue weighted by Gasteiger charge is 2.30. The van der Waals surface area contributed by atoms with Gasteiger partial charge in [0.1, 0.15) is 19.3 Å². The van der Waals surface area contributed by atoms with Crippen LogP contribution >= 0.6 is 7.82 Å². The number of unbranched alkanes of at least 4 members (excludes halogenated alkanes) is 25. The van der Waals surface area contributed by atoms with Gasteiger partial charge in [0.25, 0.3) is 0 Å². The van der Waals surface area contributed by atoms with E-state index in [-0.39, 0.29) is 37.9 Å². The zero-order valence-corrected chi connectivity index (χ0v) is 45.3. The van der Waals surface area contributed by atoms with Gasteiger partial charge in [0.2, 0.25) is 5.91 Å². The number of esters is 1. The third kappa shape index (κ3) is 48.5. The minimum atomic E-state index is -4.46. The number of ether oxygens (including phenoxy) is 1. The number of amides is 1. The fourth-order valence-electron chi connectivity index (χ4n) is 7.61. The van der Waals surface area contributed by atoms with Crippen molar-refractivity contribution in [3.63, 3.8) is 0 Å². The largest absolute Gasteiger partial charge is 0.472 e. The summed E-state index contributed by atoms with van der Waals surface area (Å²) in [5.74, 6) is -0.594. The first-order valence-electron chi connectivity index (χ1n) is 27.6. The van der Waals surface area contributed by atoms with Crippen LogP contribution in [0, 0.1) is 0 Å². The average molecular weight is 962 g/mol. The number of rotatable bonds is 49. The molecule has 0 aromatic carbocycles. The number of hydrogen-bond acceptors (Lipinski definition) is 6. The molecule has 0 spiro atoms. The summed E-state index contributed by atoms with van der Waals surface area (Å²) in [6, 6.07) is -0.881. The molecule has 10 heteroatoms. The van der Waals surface area contributed by atoms with E-state index >= 15 is 0 Å². The molecule has 0 rings (SSSR count). The van der Waals surface area contributed by atoms with E-state index in [0.29, 0.717) is 17.4 Å². The van der Waals surface area contributed by atoms with Crippen molar-refractivity contribution >= 4 is 19.7 Å². The van der Waals surface area contributed by atoms with Gasteiger partial charge in [-0.05, 0) is 83.1 Å². The molecule has 0 aromatic heterocycles. The smallest absolute Gasteiger partial charge is 0.456 e. The van der Waals surface area contributed by atoms with Crippen molar-refractivity contribution in [3.8, 4) is 0 Å². The van der Waals surface area contributed by atoms with Crippen molar-refractivity contribution < 1.29 is 37.3 Å². The van der Waals surface area contributed by atoms with Crippen molar-refractivity contribution in [1.29, 1.82) is 0 Å². The molecule has 3 atom stereocenters. The molecule has 0 aliphatic rings. The second-order valence-electron chi connectivity index (χ2n) is 19.7. The molecule has 0 fully saturated rings. The second kappa shape index (κ2) is 47.4. The molecule has 0 aliphatic heterocycles. The summed E-state index contributed by atoms with van der Waals surface area (Å²) < 4.78 is 30.5. The zero-order chi connectivity index (χ0) is 49.4. The minimum absolute atomic E-state index is 0.0284. The predicted octanol–water partition coefficient (Wildman–Crippen LogP) is 16.3. The van der Waals surface area contributed by atoms with E-state index in [0.717, 1.165) is 70.6 Å². The van der Waals surface area contributed by atoms with Crippen molar-refractivity contribution in [3.05, 3.63) is 60.8 Å². The number of quaternary nitrogens is 1. The fourth-order valence-corrected chi connectivity index (χ4v) is 8.34. The number of carbonyl (C=O) groups excluding carboxylic acids is 2. The quantitative estimate of drug-likeness (QED) is 0.0205. The van der Waals surface area contributed by atoms with Crippen LogP contribution in [-0.4, -0.2) is 74.3 Å². The predicted molar refractivity (Wildman–Crippen MR) is 286 cm³/mol. The second-order valence-corrected chi connectivity index (χ2v) is 21.2. The summed E-state index contributed by atoms with van der Waals surface area (Å²) in [7, 11) is 1.46. The van der Waals surface area contributed by atoms with Crippen LogP contribution in [0.2, 0.25) is 0 Å². The molecule has 9 nitrogen and oxygen atoms in total. The van der Waals surface area contributed by atoms with E-state index < -0.39 is 20.0 Å². The molecule has 67 heavy (non-hydrogen) atoms. The van der Waals surface area contributed by atoms with Gasteiger partial charge in [0.05, 0.1) is 33.8 Å². The normalized spacial score (nSPS) is 14.3. The third-order valence-electron chi connectivity index (χ3n) is 11.9. The first-order chi connectivity index (χ1) is 32.4. The van der Waals surface area contributed by atoms with E-state index in [1.165, 1.54) is 128 Å². The van der Waals surface area contributed by atoms with E-state index in [1.54, 1.807) is 0 Å². The zero-order valence-electron chi connectivity index (χ0n) is 44.4. The molecule has 0 bridgehead atoms. The van der Waals surface area contributed by atoms with Crippen LogP contribution in [0.1, 0.15) is 239 Å². The monoisotopic (exact) mass is 962 g/mol. The van der Waals surface area contributed by atoms with Gasteiger partial charge < -0.3 is 19.4 Å². The lowest BCUT2D eigenvalue weighted by atomic mass is 10.1. The van der Waals surface area contributed by atoms with Crippen LogP contribution in [-0.2, 0) is 27.9 Å². The fraction of sp³-hybridized carbons (Fsp3) is 0.789. The topological polar surface area (TPSA) is 111 Å². The summed E-state index contributed by atoms with van der Waals surface area (Å²) in [5.41, 5.74) is 0. The van der Waals surface area contributed by atoms with Crippen LogP contribution in [0.4, 0.5) is 0 Å². The van der Waals surface area contributed by atoms with Gasteiger partial charge in [0, 0.05) is 12.8 Å². The standard InChI is InChI=1S/C57H105N2O7P/c1-7-10-13-16-19-22-25-27-28-29-30-32-35-38-41-44-47-50-57(61)66-55(48-45-42-39-36-33-24-21-18-15-12-9-3)54(53-65-67(62,63)64-52-51-59(4,5)6)58-56(60)49-46-43-40-37-34-31-26-23-20-17-14-11-8-2/h19,22,27-28,31,34,40,43,45,48,54-55H,7-18,20-21,23-26,29-30,32-33,35-39,41-42,44,46-47,49-53H2,1-6H3,(H-,58,60,62,63)/p+1/b22-19-,28-27-,34-31-,43-40+,48-45+. The Labute approximate surface area is 413 Å². The Kier molecular flexibility index (Phi) is 45.8. The van der Waals surface area contributed by atoms with E-state index in [9.17, 15) is 19.0 Å². The number of phosphoric acid groups is 1. The van der Waals surface area contributed by atoms with Gasteiger partial charge in [-0.15, -0.1) is 0 Å². The van der Waals surface area contributed by atoms with Crippen LogP contribution < -0.4 is 5.32 Å². The van der Waals surface area contributed by atoms with Crippen LogP contribution in [0.25, 0.3) is 0 Å². The summed E-state index contributed by atoms with van der Waals surface area (Å²) in [5, 5.41) is 3.00. The number of allylic oxidation sites excluding steroid dienone is 9. The molecule has 0 heterocycles. The Hall–Kier alpha value is -2.29. The van der Waals surface area contributed by atoms with Gasteiger partial charge in [-0.1, -0.05) is 204 Å². The van der Waals surface area contributed by atoms with E-state index in [1.807, 2.05) is 39.4 Å². The minimum Gasteiger partial charge on any atom is -0.456 e. The van der Waals surface area contributed by atoms with Crippen molar-refractivity contribution in [2.75, 3.05) is 40.9 Å². The van der Waals surface area contributed by atoms with Crippen LogP contribution in [0.5, 0.6) is 0 Å². The summed E-state index contributed by atoms with van der Waals surface area (Å²) in [6.07, 6.45) is 58.0. The third-order valence-corrected chi connectivity index (χ3v) is 12.9. The molecule has 0 saturated heterocycles. The molecular formula is C57H106N2O7P+. The highest BCUT2D eigenvalue weighted by atomic mass is 31.2. The van der Waals surface area contributed by atoms with Crippen molar-refractivity contribution in [2.45, 2.75) is 251 Å². The van der Waals surface area contributed by atoms with Gasteiger partial charge in [-0.25, -0.2) is 4.57 Å². The molecule has 2 N–H and O–H groups in total. The number of likely N-dealkylation sites (N-methyl/N-ethyl adjacent to an activating group) is 1. The number of phosphoric ester groups is 1. The Morgan fingerprint density at radius 2 is 0.925 bits per heavy atom. The average Bonchev–Trinajstić information content (AvgIpc) is 3.28. The van der Waals surface area contributed by atoms with Crippen molar-refractivity contribution in [2.24, 2.45) is 0 Å². The highest BCUT2D eigenvalue weighted by molar-refractivity contribution is 7.47. The van der Waals surface area contributed by atoms with Gasteiger partial charge in [-0.3, -0.25) is 18.6 Å². The number of carbonyl (C=O) groups is 2. The van der Waals surface area contributed by atoms with Gasteiger partial charge >= 0.3 is 13.8 Å². The molecule has 1 amide bonds. The lowest BCUT2D eigenvalue weighted by Crippen LogP contribution is -2.47. The van der Waals surface area contributed by atoms with Crippen LogP contribution in [0.15, 0.2) is 60.8 Å². The Morgan fingerprint density at radius 3 is 1.40 bits per heavy atom. The highest BCUT2D eigenvalue weighted by Crippen LogP contribution is 2.43. The Morgan fingerprint density at radius 1 is 0.522 bits per heavy atom. The summed E-state index contributed by atoms with van der Waals surface area (Å²) in [6.45, 7) is 6.91. The first kappa shape index (κ1) is 64.7. The van der Waals surface area contributed by atoms with Gasteiger partial charge in [0.15, 0.2) is 0 Å². The maximum absolute atomic E-state index is 13.4. The number of nitrogens with zero attached hydrogens (tertiary/aromatic N) is 1. The Balaban J connectivity index is 5.42. The maximum atomic E-state index is 13.4. The molecule has 0 saturated carbocycles. The molecule has 0 radical (unpaired) electrons. The van der Waals surface area contributed by atoms with Gasteiger partial charge in [-0.2, -0.15) is 0 Å². The lowest BCUT2D eigenvalue weighted by Gasteiger charge is -2.27. The molecule has 0 aromatic rings. The van der Waals surface area contributed by atoms with E-state index in [2.05, 4.69) is 68.6 Å². The molecule has 0 aliphatic carbocycles. The SMILES string of the molecule is CCCCC/C=C\C/C=C\CCCCCCCCCC(=O)OC(/C=C/CCCCCCCCCCC)C(COP(=O)(O)OCC[N+](C)(C)C)NC(=O)CC/C=C/C/C=C\CCCCCCCC. The molecule has 390 valence electrons. The first-order valence-corrected chi connectivity index (χ1v) is 29.1. The van der Waals surface area contributed by atoms with E-state index in [4.69, 9.17) is 13.8 Å². The number of hydrogen-bond donors (Lipinski definition) is 2. The molecule has 3 unspecified atom stereocenters. The molecular weight excluding hydrogens is 856 g/mol. The maximum Gasteiger partial charge on any atom is 0.472 e. The Bertz CT molecular complexity index is 1340.